The van der Waals surface area contributed by atoms with Crippen LogP contribution in [0.4, 0.5) is 0 Å². The second-order valence-electron chi connectivity index (χ2n) is 6.23. The van der Waals surface area contributed by atoms with Crippen molar-refractivity contribution in [2.75, 3.05) is 0 Å². The van der Waals surface area contributed by atoms with Gasteiger partial charge in [-0.15, -0.1) is 0 Å². The van der Waals surface area contributed by atoms with E-state index in [1.807, 2.05) is 12.1 Å². The first-order chi connectivity index (χ1) is 11.3. The summed E-state index contributed by atoms with van der Waals surface area (Å²) >= 11 is 0. The zero-order valence-corrected chi connectivity index (χ0v) is 12.9. The molecule has 23 heavy (non-hydrogen) atoms. The van der Waals surface area contributed by atoms with Gasteiger partial charge in [0, 0.05) is 23.3 Å². The molecule has 0 saturated heterocycles. The van der Waals surface area contributed by atoms with E-state index in [0.717, 1.165) is 29.4 Å². The fraction of sp³-hybridized carbons (Fsp3) is 0.143. The van der Waals surface area contributed by atoms with Gasteiger partial charge in [-0.1, -0.05) is 43.4 Å². The summed E-state index contributed by atoms with van der Waals surface area (Å²) in [6.45, 7) is 2.18. The van der Waals surface area contributed by atoms with Crippen molar-refractivity contribution >= 4 is 10.8 Å². The van der Waals surface area contributed by atoms with E-state index in [1.54, 1.807) is 0 Å². The lowest BCUT2D eigenvalue weighted by atomic mass is 9.92. The van der Waals surface area contributed by atoms with Gasteiger partial charge in [0.05, 0.1) is 0 Å². The first-order valence-electron chi connectivity index (χ1n) is 7.99. The van der Waals surface area contributed by atoms with E-state index in [-0.39, 0.29) is 5.92 Å². The molecule has 2 heterocycles. The van der Waals surface area contributed by atoms with Gasteiger partial charge >= 0.3 is 0 Å². The van der Waals surface area contributed by atoms with E-state index in [1.165, 1.54) is 21.9 Å². The van der Waals surface area contributed by atoms with Gasteiger partial charge in [0.25, 0.3) is 0 Å². The minimum atomic E-state index is 0.244. The van der Waals surface area contributed by atoms with Crippen molar-refractivity contribution < 1.29 is 9.47 Å². The number of rotatable bonds is 0. The van der Waals surface area contributed by atoms with E-state index in [4.69, 9.17) is 9.47 Å². The van der Waals surface area contributed by atoms with Crippen LogP contribution in [-0.4, -0.2) is 0 Å². The molecule has 2 aromatic carbocycles. The van der Waals surface area contributed by atoms with Gasteiger partial charge in [-0.2, -0.15) is 0 Å². The third-order valence-corrected chi connectivity index (χ3v) is 4.83. The number of hydrogen-bond donors (Lipinski definition) is 0. The molecule has 0 fully saturated rings. The third-order valence-electron chi connectivity index (χ3n) is 4.83. The molecule has 4 bridgehead atoms. The Balaban J connectivity index is 1.82. The number of allylic oxidation sites excluding steroid dienone is 7. The second kappa shape index (κ2) is 4.63. The Labute approximate surface area is 135 Å². The maximum atomic E-state index is 6.33. The SMILES string of the molecule is CC1C2=CC=C/C1=C/C=C1\Cc3c(ccc4cccc(c34)O1)O2. The van der Waals surface area contributed by atoms with Crippen molar-refractivity contribution in [1.29, 1.82) is 0 Å². The van der Waals surface area contributed by atoms with Crippen LogP contribution >= 0.6 is 0 Å². The van der Waals surface area contributed by atoms with E-state index in [9.17, 15) is 0 Å². The van der Waals surface area contributed by atoms with Crippen molar-refractivity contribution in [2.45, 2.75) is 13.3 Å². The fourth-order valence-electron chi connectivity index (χ4n) is 3.55. The number of hydrogen-bond acceptors (Lipinski definition) is 2. The molecule has 2 nitrogen and oxygen atoms in total. The predicted octanol–water partition coefficient (Wildman–Crippen LogP) is 5.07. The van der Waals surface area contributed by atoms with E-state index in [2.05, 4.69) is 55.5 Å². The highest BCUT2D eigenvalue weighted by Gasteiger charge is 2.24. The molecule has 0 amide bonds. The standard InChI is InChI=1S/C21H16O2/c1-13-14-4-2-6-18(13)23-19-11-9-15-5-3-7-20-21(15)17(19)12-16(22-20)10-8-14/h2-11,13H,12H2,1H3/b14-8-,16-10+. The van der Waals surface area contributed by atoms with Gasteiger partial charge in [0.2, 0.25) is 0 Å². The molecule has 5 rings (SSSR count). The Morgan fingerprint density at radius 2 is 1.91 bits per heavy atom. The average Bonchev–Trinajstić information content (AvgIpc) is 2.57. The van der Waals surface area contributed by atoms with Crippen LogP contribution in [0.25, 0.3) is 10.8 Å². The molecule has 0 spiro atoms. The minimum absolute atomic E-state index is 0.244. The van der Waals surface area contributed by atoms with Crippen LogP contribution in [0, 0.1) is 5.92 Å². The molecule has 1 aliphatic carbocycles. The van der Waals surface area contributed by atoms with Crippen LogP contribution in [0.2, 0.25) is 0 Å². The molecule has 0 N–H and O–H groups in total. The van der Waals surface area contributed by atoms with Crippen molar-refractivity contribution in [3.05, 3.63) is 83.4 Å². The topological polar surface area (TPSA) is 18.5 Å². The zero-order valence-electron chi connectivity index (χ0n) is 12.9. The van der Waals surface area contributed by atoms with Crippen LogP contribution in [0.5, 0.6) is 11.5 Å². The molecule has 0 aromatic heterocycles. The van der Waals surface area contributed by atoms with Gasteiger partial charge in [0.15, 0.2) is 0 Å². The van der Waals surface area contributed by atoms with E-state index >= 15 is 0 Å². The van der Waals surface area contributed by atoms with Crippen LogP contribution < -0.4 is 9.47 Å². The summed E-state index contributed by atoms with van der Waals surface area (Å²) in [5, 5.41) is 2.37. The van der Waals surface area contributed by atoms with Gasteiger partial charge in [-0.25, -0.2) is 0 Å². The summed E-state index contributed by atoms with van der Waals surface area (Å²) in [6, 6.07) is 10.4. The fourth-order valence-corrected chi connectivity index (χ4v) is 3.55. The van der Waals surface area contributed by atoms with Crippen molar-refractivity contribution in [2.24, 2.45) is 5.92 Å². The summed E-state index contributed by atoms with van der Waals surface area (Å²) in [5.41, 5.74) is 2.46. The molecule has 1 atom stereocenters. The quantitative estimate of drug-likeness (QED) is 0.676. The van der Waals surface area contributed by atoms with Crippen LogP contribution in [-0.2, 0) is 6.42 Å². The molecule has 0 radical (unpaired) electrons. The molecular weight excluding hydrogens is 284 g/mol. The van der Waals surface area contributed by atoms with Crippen LogP contribution in [0.1, 0.15) is 12.5 Å². The minimum Gasteiger partial charge on any atom is -0.461 e. The molecule has 1 unspecified atom stereocenters. The van der Waals surface area contributed by atoms with Crippen molar-refractivity contribution in [3.8, 4) is 11.5 Å². The lowest BCUT2D eigenvalue weighted by Gasteiger charge is -2.27. The highest BCUT2D eigenvalue weighted by molar-refractivity contribution is 5.94. The lowest BCUT2D eigenvalue weighted by Crippen LogP contribution is -2.15. The normalized spacial score (nSPS) is 25.6. The van der Waals surface area contributed by atoms with Crippen molar-refractivity contribution in [1.82, 2.24) is 0 Å². The average molecular weight is 300 g/mol. The molecule has 2 aromatic rings. The maximum absolute atomic E-state index is 6.33. The Morgan fingerprint density at radius 3 is 2.87 bits per heavy atom. The summed E-state index contributed by atoms with van der Waals surface area (Å²) < 4.78 is 12.5. The molecule has 3 aliphatic rings. The summed E-state index contributed by atoms with van der Waals surface area (Å²) in [5.74, 6) is 4.06. The second-order valence-corrected chi connectivity index (χ2v) is 6.23. The Kier molecular flexibility index (Phi) is 2.57. The van der Waals surface area contributed by atoms with Crippen molar-refractivity contribution in [3.63, 3.8) is 0 Å². The monoisotopic (exact) mass is 300 g/mol. The van der Waals surface area contributed by atoms with E-state index < -0.39 is 0 Å². The van der Waals surface area contributed by atoms with Gasteiger partial charge < -0.3 is 9.47 Å². The zero-order chi connectivity index (χ0) is 15.4. The maximum Gasteiger partial charge on any atom is 0.135 e. The Morgan fingerprint density at radius 1 is 0.957 bits per heavy atom. The Bertz CT molecular complexity index is 957. The van der Waals surface area contributed by atoms with E-state index in [0.29, 0.717) is 0 Å². The summed E-state index contributed by atoms with van der Waals surface area (Å²) in [7, 11) is 0. The lowest BCUT2D eigenvalue weighted by molar-refractivity contribution is 0.363. The summed E-state index contributed by atoms with van der Waals surface area (Å²) in [6.07, 6.45) is 11.3. The van der Waals surface area contributed by atoms with Crippen LogP contribution in [0.3, 0.4) is 0 Å². The van der Waals surface area contributed by atoms with Gasteiger partial charge in [0.1, 0.15) is 23.0 Å². The first-order valence-corrected chi connectivity index (χ1v) is 7.99. The largest absolute Gasteiger partial charge is 0.461 e. The summed E-state index contributed by atoms with van der Waals surface area (Å²) in [4.78, 5) is 0. The number of ether oxygens (including phenoxy) is 2. The Hall–Kier alpha value is -2.74. The molecule has 2 heteroatoms. The molecule has 0 saturated carbocycles. The van der Waals surface area contributed by atoms with Gasteiger partial charge in [-0.05, 0) is 35.2 Å². The molecule has 2 aliphatic heterocycles. The molecule has 112 valence electrons. The number of fused-ring (bicyclic) bond motifs is 3. The third kappa shape index (κ3) is 1.88. The number of benzene rings is 2. The highest BCUT2D eigenvalue weighted by Crippen LogP contribution is 2.42. The highest BCUT2D eigenvalue weighted by atomic mass is 16.5. The molecular formula is C21H16O2. The first kappa shape index (κ1) is 12.8. The van der Waals surface area contributed by atoms with Crippen LogP contribution in [0.15, 0.2) is 77.8 Å². The smallest absolute Gasteiger partial charge is 0.135 e. The predicted molar refractivity (Wildman–Crippen MR) is 91.5 cm³/mol. The van der Waals surface area contributed by atoms with Gasteiger partial charge in [-0.3, -0.25) is 0 Å².